The average molecular weight is 246 g/mol. The molecular formula is C16H26N2. The van der Waals surface area contributed by atoms with Crippen LogP contribution in [0.5, 0.6) is 0 Å². The van der Waals surface area contributed by atoms with Crippen LogP contribution in [-0.4, -0.2) is 16.1 Å². The summed E-state index contributed by atoms with van der Waals surface area (Å²) < 4.78 is 2.27. The summed E-state index contributed by atoms with van der Waals surface area (Å²) >= 11 is 0. The fourth-order valence-electron chi connectivity index (χ4n) is 4.94. The lowest BCUT2D eigenvalue weighted by Crippen LogP contribution is -2.56. The van der Waals surface area contributed by atoms with E-state index in [2.05, 4.69) is 69.5 Å². The minimum absolute atomic E-state index is 0.319. The molecule has 1 saturated heterocycles. The molecule has 2 aliphatic rings. The number of hydrogen-bond donors (Lipinski definition) is 0. The van der Waals surface area contributed by atoms with E-state index < -0.39 is 0 Å². The smallest absolute Gasteiger partial charge is 0.108 e. The van der Waals surface area contributed by atoms with Crippen molar-refractivity contribution in [1.29, 1.82) is 0 Å². The zero-order chi connectivity index (χ0) is 13.3. The van der Waals surface area contributed by atoms with Gasteiger partial charge in [0.1, 0.15) is 5.82 Å². The highest BCUT2D eigenvalue weighted by Crippen LogP contribution is 2.64. The number of nitrogens with zero attached hydrogens (tertiary/aromatic N) is 2. The van der Waals surface area contributed by atoms with Crippen molar-refractivity contribution in [2.75, 3.05) is 4.90 Å². The molecule has 2 heteroatoms. The summed E-state index contributed by atoms with van der Waals surface area (Å²) in [5, 5.41) is 0. The molecule has 18 heavy (non-hydrogen) atoms. The average Bonchev–Trinajstić information content (AvgIpc) is 2.85. The van der Waals surface area contributed by atoms with Crippen LogP contribution < -0.4 is 4.90 Å². The van der Waals surface area contributed by atoms with E-state index in [0.29, 0.717) is 17.0 Å². The number of rotatable bonds is 1. The van der Waals surface area contributed by atoms with E-state index in [-0.39, 0.29) is 0 Å². The predicted octanol–water partition coefficient (Wildman–Crippen LogP) is 3.67. The molecule has 2 bridgehead atoms. The first kappa shape index (κ1) is 12.1. The van der Waals surface area contributed by atoms with Crippen LogP contribution in [0.4, 0.5) is 5.82 Å². The van der Waals surface area contributed by atoms with Gasteiger partial charge < -0.3 is 9.47 Å². The van der Waals surface area contributed by atoms with Crippen LogP contribution in [0.2, 0.25) is 0 Å². The summed E-state index contributed by atoms with van der Waals surface area (Å²) in [6, 6.07) is 5.05. The Bertz CT molecular complexity index is 477. The summed E-state index contributed by atoms with van der Waals surface area (Å²) in [6.45, 7) is 12.3. The lowest BCUT2D eigenvalue weighted by atomic mass is 9.71. The molecule has 0 N–H and O–H groups in total. The van der Waals surface area contributed by atoms with E-state index in [0.717, 1.165) is 11.8 Å². The highest BCUT2D eigenvalue weighted by atomic mass is 15.3. The molecule has 1 aliphatic heterocycles. The zero-order valence-corrected chi connectivity index (χ0v) is 12.6. The van der Waals surface area contributed by atoms with Gasteiger partial charge in [-0.3, -0.25) is 0 Å². The third-order valence-corrected chi connectivity index (χ3v) is 6.57. The Morgan fingerprint density at radius 3 is 2.33 bits per heavy atom. The standard InChI is InChI=1S/C16H26N2/c1-11-12(2)16(5)10-15(11,4)13(3)18(16)14-8-7-9-17(14)6/h7-9,11-13H,10H2,1-6H3/t11?,12?,13-,15?,16?/m0/s1. The molecule has 0 aromatic carbocycles. The molecule has 0 radical (unpaired) electrons. The number of piperidine rings is 1. The Balaban J connectivity index is 2.11. The molecule has 0 spiro atoms. The monoisotopic (exact) mass is 246 g/mol. The molecule has 4 unspecified atom stereocenters. The first-order valence-electron chi connectivity index (χ1n) is 7.23. The first-order valence-corrected chi connectivity index (χ1v) is 7.23. The summed E-state index contributed by atoms with van der Waals surface area (Å²) in [5.41, 5.74) is 0.776. The molecule has 100 valence electrons. The topological polar surface area (TPSA) is 8.17 Å². The molecule has 2 heterocycles. The fourth-order valence-corrected chi connectivity index (χ4v) is 4.94. The lowest BCUT2D eigenvalue weighted by Gasteiger charge is -2.50. The van der Waals surface area contributed by atoms with Crippen LogP contribution >= 0.6 is 0 Å². The van der Waals surface area contributed by atoms with Crippen molar-refractivity contribution < 1.29 is 0 Å². The molecule has 1 aromatic heterocycles. The van der Waals surface area contributed by atoms with Crippen LogP contribution in [0.25, 0.3) is 0 Å². The Kier molecular flexibility index (Phi) is 2.25. The van der Waals surface area contributed by atoms with Crippen LogP contribution in [-0.2, 0) is 7.05 Å². The van der Waals surface area contributed by atoms with Crippen molar-refractivity contribution >= 4 is 5.82 Å². The van der Waals surface area contributed by atoms with E-state index in [1.165, 1.54) is 12.2 Å². The maximum atomic E-state index is 2.69. The Morgan fingerprint density at radius 1 is 1.17 bits per heavy atom. The van der Waals surface area contributed by atoms with E-state index in [9.17, 15) is 0 Å². The highest BCUT2D eigenvalue weighted by Gasteiger charge is 2.65. The molecule has 2 fully saturated rings. The number of anilines is 1. The molecule has 5 atom stereocenters. The van der Waals surface area contributed by atoms with Crippen molar-refractivity contribution in [1.82, 2.24) is 4.57 Å². The predicted molar refractivity (Wildman–Crippen MR) is 76.8 cm³/mol. The second-order valence-corrected chi connectivity index (χ2v) is 7.14. The van der Waals surface area contributed by atoms with Crippen LogP contribution in [0.15, 0.2) is 18.3 Å². The van der Waals surface area contributed by atoms with Crippen LogP contribution in [0.3, 0.4) is 0 Å². The second kappa shape index (κ2) is 3.34. The number of fused-ring (bicyclic) bond motifs is 2. The van der Waals surface area contributed by atoms with Gasteiger partial charge in [-0.2, -0.15) is 0 Å². The zero-order valence-electron chi connectivity index (χ0n) is 12.6. The van der Waals surface area contributed by atoms with Crippen molar-refractivity contribution in [2.24, 2.45) is 24.3 Å². The SMILES string of the molecule is CC1C(C)C2(C)CC1(C)[C@H](C)N2c1cccn1C. The van der Waals surface area contributed by atoms with Crippen LogP contribution in [0, 0.1) is 17.3 Å². The molecule has 1 saturated carbocycles. The van der Waals surface area contributed by atoms with Crippen molar-refractivity contribution in [3.8, 4) is 0 Å². The normalized spacial score (nSPS) is 47.0. The van der Waals surface area contributed by atoms with Gasteiger partial charge in [0.05, 0.1) is 0 Å². The molecule has 2 nitrogen and oxygen atoms in total. The summed E-state index contributed by atoms with van der Waals surface area (Å²) in [5.74, 6) is 2.95. The quantitative estimate of drug-likeness (QED) is 0.734. The van der Waals surface area contributed by atoms with Crippen molar-refractivity contribution in [2.45, 2.75) is 52.6 Å². The van der Waals surface area contributed by atoms with Crippen molar-refractivity contribution in [3.63, 3.8) is 0 Å². The Labute approximate surface area is 111 Å². The summed E-state index contributed by atoms with van der Waals surface area (Å²) in [6.07, 6.45) is 3.49. The van der Waals surface area contributed by atoms with Gasteiger partial charge in [0.15, 0.2) is 0 Å². The molecule has 1 aliphatic carbocycles. The summed E-state index contributed by atoms with van der Waals surface area (Å²) in [7, 11) is 2.16. The van der Waals surface area contributed by atoms with Gasteiger partial charge in [0.25, 0.3) is 0 Å². The van der Waals surface area contributed by atoms with Crippen molar-refractivity contribution in [3.05, 3.63) is 18.3 Å². The van der Waals surface area contributed by atoms with Gasteiger partial charge in [-0.05, 0) is 49.7 Å². The second-order valence-electron chi connectivity index (χ2n) is 7.14. The van der Waals surface area contributed by atoms with Gasteiger partial charge in [-0.15, -0.1) is 0 Å². The molecular weight excluding hydrogens is 220 g/mol. The number of aromatic nitrogens is 1. The Hall–Kier alpha value is -0.920. The van der Waals surface area contributed by atoms with Gasteiger partial charge in [-0.1, -0.05) is 20.8 Å². The van der Waals surface area contributed by atoms with E-state index in [1.54, 1.807) is 0 Å². The largest absolute Gasteiger partial charge is 0.349 e. The molecule has 0 amide bonds. The maximum Gasteiger partial charge on any atom is 0.108 e. The number of aryl methyl sites for hydroxylation is 1. The summed E-state index contributed by atoms with van der Waals surface area (Å²) in [4.78, 5) is 2.69. The van der Waals surface area contributed by atoms with E-state index in [1.807, 2.05) is 0 Å². The third kappa shape index (κ3) is 1.15. The van der Waals surface area contributed by atoms with Gasteiger partial charge in [0.2, 0.25) is 0 Å². The van der Waals surface area contributed by atoms with Crippen LogP contribution in [0.1, 0.15) is 41.0 Å². The van der Waals surface area contributed by atoms with E-state index in [4.69, 9.17) is 0 Å². The Morgan fingerprint density at radius 2 is 1.83 bits per heavy atom. The molecule has 1 aromatic rings. The number of hydrogen-bond acceptors (Lipinski definition) is 1. The maximum absolute atomic E-state index is 2.69. The molecule has 3 rings (SSSR count). The van der Waals surface area contributed by atoms with Gasteiger partial charge in [-0.25, -0.2) is 0 Å². The fraction of sp³-hybridized carbons (Fsp3) is 0.750. The van der Waals surface area contributed by atoms with Gasteiger partial charge in [0, 0.05) is 24.8 Å². The third-order valence-electron chi connectivity index (χ3n) is 6.57. The lowest BCUT2D eigenvalue weighted by molar-refractivity contribution is 0.147. The van der Waals surface area contributed by atoms with Gasteiger partial charge >= 0.3 is 0 Å². The highest BCUT2D eigenvalue weighted by molar-refractivity contribution is 5.51. The first-order chi connectivity index (χ1) is 8.32. The van der Waals surface area contributed by atoms with E-state index >= 15 is 0 Å². The minimum atomic E-state index is 0.319. The minimum Gasteiger partial charge on any atom is -0.349 e.